The molecule has 28 heavy (non-hydrogen) atoms. The zero-order chi connectivity index (χ0) is 19.6. The van der Waals surface area contributed by atoms with Crippen molar-refractivity contribution in [2.45, 2.75) is 64.7 Å². The monoisotopic (exact) mass is 379 g/mol. The fourth-order valence-corrected chi connectivity index (χ4v) is 3.67. The molecule has 1 aliphatic heterocycles. The Labute approximate surface area is 168 Å². The molecule has 1 aliphatic rings. The van der Waals surface area contributed by atoms with Gasteiger partial charge in [-0.15, -0.1) is 0 Å². The van der Waals surface area contributed by atoms with Crippen molar-refractivity contribution in [3.05, 3.63) is 47.4 Å². The molecule has 3 rings (SSSR count). The quantitative estimate of drug-likeness (QED) is 0.387. The topological polar surface area (TPSA) is 53.2 Å². The zero-order valence-electron chi connectivity index (χ0n) is 17.3. The first-order chi connectivity index (χ1) is 13.8. The van der Waals surface area contributed by atoms with Gasteiger partial charge in [0.15, 0.2) is 0 Å². The van der Waals surface area contributed by atoms with E-state index in [0.717, 1.165) is 34.9 Å². The van der Waals surface area contributed by atoms with Gasteiger partial charge in [-0.25, -0.2) is 0 Å². The smallest absolute Gasteiger partial charge is 0.144 e. The highest BCUT2D eigenvalue weighted by Gasteiger charge is 2.13. The van der Waals surface area contributed by atoms with Crippen molar-refractivity contribution in [2.75, 3.05) is 7.11 Å². The molecule has 150 valence electrons. The minimum Gasteiger partial charge on any atom is -0.494 e. The first-order valence-electron chi connectivity index (χ1n) is 10.7. The number of aromatic amines is 2. The van der Waals surface area contributed by atoms with Crippen LogP contribution in [0.25, 0.3) is 17.5 Å². The Balaban J connectivity index is 1.54. The number of ether oxygens (including phenoxy) is 1. The molecular formula is C24H33N3O. The van der Waals surface area contributed by atoms with Gasteiger partial charge < -0.3 is 14.7 Å². The number of hydrogen-bond acceptors (Lipinski definition) is 2. The molecule has 2 N–H and O–H groups in total. The maximum absolute atomic E-state index is 5.56. The molecule has 0 bridgehead atoms. The summed E-state index contributed by atoms with van der Waals surface area (Å²) in [6.07, 6.45) is 19.9. The number of H-pyrrole nitrogens is 2. The second-order valence-corrected chi connectivity index (χ2v) is 7.47. The predicted octanol–water partition coefficient (Wildman–Crippen LogP) is 6.90. The second-order valence-electron chi connectivity index (χ2n) is 7.47. The van der Waals surface area contributed by atoms with E-state index in [1.54, 1.807) is 7.11 Å². The first kappa shape index (κ1) is 20.2. The molecule has 4 nitrogen and oxygen atoms in total. The molecule has 0 saturated carbocycles. The lowest BCUT2D eigenvalue weighted by atomic mass is 10.0. The van der Waals surface area contributed by atoms with Gasteiger partial charge in [0.1, 0.15) is 5.75 Å². The van der Waals surface area contributed by atoms with E-state index in [9.17, 15) is 0 Å². The lowest BCUT2D eigenvalue weighted by molar-refractivity contribution is 0.414. The van der Waals surface area contributed by atoms with Gasteiger partial charge in [-0.1, -0.05) is 51.9 Å². The van der Waals surface area contributed by atoms with Crippen LogP contribution in [-0.2, 0) is 0 Å². The van der Waals surface area contributed by atoms with E-state index in [1.807, 2.05) is 30.6 Å². The Morgan fingerprint density at radius 1 is 1.04 bits per heavy atom. The number of nitrogens with zero attached hydrogens (tertiary/aromatic N) is 1. The summed E-state index contributed by atoms with van der Waals surface area (Å²) in [6.45, 7) is 2.27. The van der Waals surface area contributed by atoms with Gasteiger partial charge in [0, 0.05) is 18.5 Å². The second kappa shape index (κ2) is 10.7. The highest BCUT2D eigenvalue weighted by molar-refractivity contribution is 5.82. The van der Waals surface area contributed by atoms with Gasteiger partial charge in [0.2, 0.25) is 0 Å². The van der Waals surface area contributed by atoms with Gasteiger partial charge in [-0.2, -0.15) is 0 Å². The van der Waals surface area contributed by atoms with Crippen LogP contribution in [0, 0.1) is 0 Å². The van der Waals surface area contributed by atoms with Crippen molar-refractivity contribution >= 4 is 12.3 Å². The molecule has 0 spiro atoms. The lowest BCUT2D eigenvalue weighted by Crippen LogP contribution is -1.88. The normalized spacial score (nSPS) is 14.8. The van der Waals surface area contributed by atoms with Crippen molar-refractivity contribution in [1.82, 2.24) is 9.97 Å². The van der Waals surface area contributed by atoms with E-state index < -0.39 is 0 Å². The molecule has 0 amide bonds. The van der Waals surface area contributed by atoms with E-state index in [0.29, 0.717) is 0 Å². The van der Waals surface area contributed by atoms with Crippen LogP contribution in [0.1, 0.15) is 70.4 Å². The Bertz CT molecular complexity index is 809. The highest BCUT2D eigenvalue weighted by Crippen LogP contribution is 2.31. The SMILES string of the molecule is CCCCCCCCCCC1=CC=N/C1=C\c1[nH]c(-c2ccc[nH]2)cc1OC. The van der Waals surface area contributed by atoms with Crippen LogP contribution in [0.4, 0.5) is 0 Å². The lowest BCUT2D eigenvalue weighted by Gasteiger charge is -2.05. The van der Waals surface area contributed by atoms with Crippen molar-refractivity contribution in [2.24, 2.45) is 4.99 Å². The van der Waals surface area contributed by atoms with Gasteiger partial charge in [0.05, 0.1) is 29.9 Å². The number of rotatable bonds is 12. The Morgan fingerprint density at radius 3 is 2.54 bits per heavy atom. The maximum Gasteiger partial charge on any atom is 0.144 e. The summed E-state index contributed by atoms with van der Waals surface area (Å²) in [5.74, 6) is 0.839. The van der Waals surface area contributed by atoms with Gasteiger partial charge in [-0.3, -0.25) is 4.99 Å². The molecule has 4 heteroatoms. The van der Waals surface area contributed by atoms with Crippen LogP contribution in [0.2, 0.25) is 0 Å². The molecule has 2 aromatic rings. The molecule has 0 atom stereocenters. The molecule has 0 radical (unpaired) electrons. The summed E-state index contributed by atoms with van der Waals surface area (Å²) < 4.78 is 5.56. The van der Waals surface area contributed by atoms with Gasteiger partial charge in [0.25, 0.3) is 0 Å². The first-order valence-corrected chi connectivity index (χ1v) is 10.7. The fraction of sp³-hybridized carbons (Fsp3) is 0.458. The molecule has 2 aromatic heterocycles. The molecule has 0 aromatic carbocycles. The number of unbranched alkanes of at least 4 members (excludes halogenated alkanes) is 7. The fourth-order valence-electron chi connectivity index (χ4n) is 3.67. The van der Waals surface area contributed by atoms with Crippen molar-refractivity contribution in [3.8, 4) is 17.1 Å². The summed E-state index contributed by atoms with van der Waals surface area (Å²) in [4.78, 5) is 11.2. The Kier molecular flexibility index (Phi) is 7.77. The van der Waals surface area contributed by atoms with Crippen LogP contribution in [0.3, 0.4) is 0 Å². The number of hydrogen-bond donors (Lipinski definition) is 2. The third-order valence-electron chi connectivity index (χ3n) is 5.32. The van der Waals surface area contributed by atoms with E-state index in [2.05, 4.69) is 34.0 Å². The summed E-state index contributed by atoms with van der Waals surface area (Å²) in [7, 11) is 1.71. The van der Waals surface area contributed by atoms with Gasteiger partial charge >= 0.3 is 0 Å². The summed E-state index contributed by atoms with van der Waals surface area (Å²) in [5.41, 5.74) is 5.39. The average molecular weight is 380 g/mol. The third kappa shape index (κ3) is 5.51. The molecule has 0 unspecified atom stereocenters. The summed E-state index contributed by atoms with van der Waals surface area (Å²) >= 11 is 0. The highest BCUT2D eigenvalue weighted by atomic mass is 16.5. The number of nitrogens with one attached hydrogen (secondary N) is 2. The molecular weight excluding hydrogens is 346 g/mol. The van der Waals surface area contributed by atoms with E-state index in [4.69, 9.17) is 4.74 Å². The summed E-state index contributed by atoms with van der Waals surface area (Å²) in [6, 6.07) is 6.06. The van der Waals surface area contributed by atoms with Crippen LogP contribution in [-0.4, -0.2) is 23.3 Å². The molecule has 3 heterocycles. The predicted molar refractivity (Wildman–Crippen MR) is 119 cm³/mol. The van der Waals surface area contributed by atoms with Crippen LogP contribution in [0.5, 0.6) is 5.75 Å². The number of allylic oxidation sites excluding steroid dienone is 2. The van der Waals surface area contributed by atoms with Crippen molar-refractivity contribution in [1.29, 1.82) is 0 Å². The van der Waals surface area contributed by atoms with Crippen LogP contribution >= 0.6 is 0 Å². The van der Waals surface area contributed by atoms with E-state index in [-0.39, 0.29) is 0 Å². The van der Waals surface area contributed by atoms with Crippen molar-refractivity contribution in [3.63, 3.8) is 0 Å². The van der Waals surface area contributed by atoms with Crippen LogP contribution in [0.15, 0.2) is 46.7 Å². The molecule has 0 aliphatic carbocycles. The van der Waals surface area contributed by atoms with E-state index in [1.165, 1.54) is 56.9 Å². The van der Waals surface area contributed by atoms with Crippen LogP contribution < -0.4 is 4.74 Å². The zero-order valence-corrected chi connectivity index (χ0v) is 17.3. The maximum atomic E-state index is 5.56. The number of aliphatic imine (C=N–C) groups is 1. The Morgan fingerprint density at radius 2 is 1.82 bits per heavy atom. The van der Waals surface area contributed by atoms with Crippen molar-refractivity contribution < 1.29 is 4.74 Å². The van der Waals surface area contributed by atoms with Gasteiger partial charge in [-0.05, 0) is 42.7 Å². The standard InChI is InChI=1S/C24H33N3O/c1-3-4-5-6-7-8-9-10-12-19-14-16-26-21(19)17-23-24(28-2)18-22(27-23)20-13-11-15-25-20/h11,13-18,25,27H,3-10,12H2,1-2H3/b21-17-. The molecule has 0 fully saturated rings. The number of aromatic nitrogens is 2. The minimum atomic E-state index is 0.839. The summed E-state index contributed by atoms with van der Waals surface area (Å²) in [5, 5.41) is 0. The average Bonchev–Trinajstić information content (AvgIpc) is 3.45. The largest absolute Gasteiger partial charge is 0.494 e. The number of methoxy groups -OCH3 is 1. The molecule has 0 saturated heterocycles. The minimum absolute atomic E-state index is 0.839. The van der Waals surface area contributed by atoms with E-state index >= 15 is 0 Å². The third-order valence-corrected chi connectivity index (χ3v) is 5.32. The Hall–Kier alpha value is -2.49.